The van der Waals surface area contributed by atoms with E-state index in [2.05, 4.69) is 12.2 Å². The topological polar surface area (TPSA) is 32.3 Å². The third-order valence-electron chi connectivity index (χ3n) is 2.71. The standard InChI is InChI=1S/C11H23NO/c1-10(9-11-5-6-11)12-7-3-2-4-8-13/h10-13H,2-9H2,1H3. The van der Waals surface area contributed by atoms with Gasteiger partial charge in [0.15, 0.2) is 0 Å². The number of nitrogens with one attached hydrogen (secondary N) is 1. The second kappa shape index (κ2) is 6.39. The molecule has 0 saturated heterocycles. The summed E-state index contributed by atoms with van der Waals surface area (Å²) in [6.45, 7) is 3.75. The fourth-order valence-electron chi connectivity index (χ4n) is 1.70. The third kappa shape index (κ3) is 6.05. The predicted octanol–water partition coefficient (Wildman–Crippen LogP) is 1.93. The van der Waals surface area contributed by atoms with Crippen molar-refractivity contribution in [1.29, 1.82) is 0 Å². The van der Waals surface area contributed by atoms with Gasteiger partial charge in [0.05, 0.1) is 0 Å². The van der Waals surface area contributed by atoms with E-state index in [-0.39, 0.29) is 0 Å². The summed E-state index contributed by atoms with van der Waals surface area (Å²) in [4.78, 5) is 0. The van der Waals surface area contributed by atoms with Crippen molar-refractivity contribution in [2.24, 2.45) is 5.92 Å². The van der Waals surface area contributed by atoms with E-state index in [1.165, 1.54) is 25.7 Å². The highest BCUT2D eigenvalue weighted by molar-refractivity contribution is 4.77. The van der Waals surface area contributed by atoms with E-state index in [0.717, 1.165) is 25.3 Å². The molecule has 0 spiro atoms. The maximum absolute atomic E-state index is 8.58. The van der Waals surface area contributed by atoms with E-state index >= 15 is 0 Å². The molecule has 0 aromatic carbocycles. The van der Waals surface area contributed by atoms with Crippen LogP contribution in [-0.4, -0.2) is 24.3 Å². The van der Waals surface area contributed by atoms with Gasteiger partial charge in [-0.15, -0.1) is 0 Å². The molecule has 1 aliphatic carbocycles. The average Bonchev–Trinajstić information content (AvgIpc) is 2.88. The van der Waals surface area contributed by atoms with Gasteiger partial charge >= 0.3 is 0 Å². The Labute approximate surface area is 81.7 Å². The van der Waals surface area contributed by atoms with Crippen LogP contribution in [0.1, 0.15) is 45.4 Å². The van der Waals surface area contributed by atoms with Gasteiger partial charge in [0.1, 0.15) is 0 Å². The van der Waals surface area contributed by atoms with Gasteiger partial charge in [0.2, 0.25) is 0 Å². The van der Waals surface area contributed by atoms with Gasteiger partial charge in [-0.05, 0) is 45.1 Å². The molecule has 2 nitrogen and oxygen atoms in total. The lowest BCUT2D eigenvalue weighted by molar-refractivity contribution is 0.282. The first-order valence-corrected chi connectivity index (χ1v) is 5.67. The molecule has 0 radical (unpaired) electrons. The Kier molecular flexibility index (Phi) is 5.40. The van der Waals surface area contributed by atoms with Crippen LogP contribution in [0.4, 0.5) is 0 Å². The Morgan fingerprint density at radius 1 is 1.31 bits per heavy atom. The largest absolute Gasteiger partial charge is 0.396 e. The Morgan fingerprint density at radius 2 is 2.08 bits per heavy atom. The molecule has 1 aliphatic rings. The normalized spacial score (nSPS) is 18.9. The minimum atomic E-state index is 0.345. The molecular weight excluding hydrogens is 162 g/mol. The van der Waals surface area contributed by atoms with Crippen molar-refractivity contribution in [3.05, 3.63) is 0 Å². The van der Waals surface area contributed by atoms with Gasteiger partial charge in [0.25, 0.3) is 0 Å². The van der Waals surface area contributed by atoms with Crippen LogP contribution >= 0.6 is 0 Å². The number of rotatable bonds is 8. The zero-order valence-corrected chi connectivity index (χ0v) is 8.76. The number of hydrogen-bond acceptors (Lipinski definition) is 2. The van der Waals surface area contributed by atoms with Crippen LogP contribution in [-0.2, 0) is 0 Å². The third-order valence-corrected chi connectivity index (χ3v) is 2.71. The van der Waals surface area contributed by atoms with E-state index in [0.29, 0.717) is 12.6 Å². The second-order valence-electron chi connectivity index (χ2n) is 4.32. The first-order chi connectivity index (χ1) is 6.33. The fourth-order valence-corrected chi connectivity index (χ4v) is 1.70. The van der Waals surface area contributed by atoms with Crippen molar-refractivity contribution in [3.8, 4) is 0 Å². The van der Waals surface area contributed by atoms with Gasteiger partial charge in [-0.1, -0.05) is 12.8 Å². The Morgan fingerprint density at radius 3 is 2.69 bits per heavy atom. The van der Waals surface area contributed by atoms with Gasteiger partial charge in [-0.3, -0.25) is 0 Å². The lowest BCUT2D eigenvalue weighted by Crippen LogP contribution is -2.27. The van der Waals surface area contributed by atoms with Crippen LogP contribution in [0.25, 0.3) is 0 Å². The molecule has 0 bridgehead atoms. The molecular formula is C11H23NO. The summed E-state index contributed by atoms with van der Waals surface area (Å²) < 4.78 is 0. The highest BCUT2D eigenvalue weighted by atomic mass is 16.2. The molecule has 1 unspecified atom stereocenters. The maximum atomic E-state index is 8.58. The molecule has 0 heterocycles. The van der Waals surface area contributed by atoms with Crippen molar-refractivity contribution in [3.63, 3.8) is 0 Å². The van der Waals surface area contributed by atoms with Crippen LogP contribution in [0.5, 0.6) is 0 Å². The molecule has 0 aliphatic heterocycles. The summed E-state index contributed by atoms with van der Waals surface area (Å²) in [5.74, 6) is 1.03. The molecule has 2 heteroatoms. The number of aliphatic hydroxyl groups is 1. The van der Waals surface area contributed by atoms with Crippen molar-refractivity contribution in [2.75, 3.05) is 13.2 Å². The average molecular weight is 185 g/mol. The molecule has 13 heavy (non-hydrogen) atoms. The van der Waals surface area contributed by atoms with E-state index in [1.807, 2.05) is 0 Å². The van der Waals surface area contributed by atoms with Gasteiger partial charge in [-0.25, -0.2) is 0 Å². The van der Waals surface area contributed by atoms with Gasteiger partial charge < -0.3 is 10.4 Å². The summed E-state index contributed by atoms with van der Waals surface area (Å²) in [6, 6.07) is 0.696. The number of hydrogen-bond donors (Lipinski definition) is 2. The first-order valence-electron chi connectivity index (χ1n) is 5.67. The van der Waals surface area contributed by atoms with Crippen LogP contribution in [0, 0.1) is 5.92 Å². The van der Waals surface area contributed by atoms with Crippen molar-refractivity contribution < 1.29 is 5.11 Å². The molecule has 0 amide bonds. The molecule has 2 N–H and O–H groups in total. The molecule has 1 saturated carbocycles. The lowest BCUT2D eigenvalue weighted by Gasteiger charge is -2.12. The molecule has 1 fully saturated rings. The molecule has 1 atom stereocenters. The number of aliphatic hydroxyl groups excluding tert-OH is 1. The maximum Gasteiger partial charge on any atom is 0.0431 e. The van der Waals surface area contributed by atoms with Crippen LogP contribution < -0.4 is 5.32 Å². The van der Waals surface area contributed by atoms with Crippen molar-refractivity contribution >= 4 is 0 Å². The summed E-state index contributed by atoms with van der Waals surface area (Å²) in [7, 11) is 0. The SMILES string of the molecule is CC(CC1CC1)NCCCCCO. The van der Waals surface area contributed by atoms with E-state index in [4.69, 9.17) is 5.11 Å². The monoisotopic (exact) mass is 185 g/mol. The second-order valence-corrected chi connectivity index (χ2v) is 4.32. The molecule has 0 aromatic heterocycles. The van der Waals surface area contributed by atoms with Gasteiger partial charge in [0, 0.05) is 12.6 Å². The summed E-state index contributed by atoms with van der Waals surface area (Å²) in [5, 5.41) is 12.1. The summed E-state index contributed by atoms with van der Waals surface area (Å²) >= 11 is 0. The molecule has 0 aromatic rings. The van der Waals surface area contributed by atoms with Gasteiger partial charge in [-0.2, -0.15) is 0 Å². The predicted molar refractivity (Wildman–Crippen MR) is 55.7 cm³/mol. The smallest absolute Gasteiger partial charge is 0.0431 e. The zero-order chi connectivity index (χ0) is 9.52. The highest BCUT2D eigenvalue weighted by Gasteiger charge is 2.22. The minimum Gasteiger partial charge on any atom is -0.396 e. The zero-order valence-electron chi connectivity index (χ0n) is 8.76. The first kappa shape index (κ1) is 11.0. The minimum absolute atomic E-state index is 0.345. The fraction of sp³-hybridized carbons (Fsp3) is 1.00. The van der Waals surface area contributed by atoms with E-state index in [9.17, 15) is 0 Å². The Hall–Kier alpha value is -0.0800. The number of unbranched alkanes of at least 4 members (excludes halogenated alkanes) is 2. The Balaban J connectivity index is 1.80. The van der Waals surface area contributed by atoms with E-state index < -0.39 is 0 Å². The Bertz CT molecular complexity index is 123. The quantitative estimate of drug-likeness (QED) is 0.566. The van der Waals surface area contributed by atoms with Crippen LogP contribution in [0.2, 0.25) is 0 Å². The summed E-state index contributed by atoms with van der Waals surface area (Å²) in [5.41, 5.74) is 0. The molecule has 78 valence electrons. The van der Waals surface area contributed by atoms with Crippen molar-refractivity contribution in [1.82, 2.24) is 5.32 Å². The van der Waals surface area contributed by atoms with Crippen molar-refractivity contribution in [2.45, 2.75) is 51.5 Å². The molecule has 1 rings (SSSR count). The van der Waals surface area contributed by atoms with E-state index in [1.54, 1.807) is 0 Å². The van der Waals surface area contributed by atoms with Crippen LogP contribution in [0.3, 0.4) is 0 Å². The summed E-state index contributed by atoms with van der Waals surface area (Å²) in [6.07, 6.45) is 7.58. The van der Waals surface area contributed by atoms with Crippen LogP contribution in [0.15, 0.2) is 0 Å². The lowest BCUT2D eigenvalue weighted by atomic mass is 10.1. The highest BCUT2D eigenvalue weighted by Crippen LogP contribution is 2.33.